The van der Waals surface area contributed by atoms with E-state index in [1.54, 1.807) is 6.92 Å². The number of hydrogen-bond acceptors (Lipinski definition) is 3. The average Bonchev–Trinajstić information content (AvgIpc) is 2.42. The van der Waals surface area contributed by atoms with E-state index in [1.807, 2.05) is 0 Å². The van der Waals surface area contributed by atoms with Crippen LogP contribution in [0.15, 0.2) is 29.1 Å². The number of ether oxygens (including phenoxy) is 1. The topological polar surface area (TPSA) is 71.2 Å². The number of anilines is 1. The molecule has 2 N–H and O–H groups in total. The zero-order chi connectivity index (χ0) is 14.9. The number of pyridine rings is 1. The van der Waals surface area contributed by atoms with Gasteiger partial charge >= 0.3 is 6.09 Å². The van der Waals surface area contributed by atoms with E-state index in [0.717, 1.165) is 18.2 Å². The van der Waals surface area contributed by atoms with E-state index in [4.69, 9.17) is 2.82 Å². The second-order valence-corrected chi connectivity index (χ2v) is 3.45. The van der Waals surface area contributed by atoms with Gasteiger partial charge in [-0.25, -0.2) is 9.18 Å². The van der Waals surface area contributed by atoms with Crippen molar-refractivity contribution in [3.63, 3.8) is 0 Å². The van der Waals surface area contributed by atoms with E-state index >= 15 is 0 Å². The fraction of sp³-hybridized carbons (Fsp3) is 0.167. The van der Waals surface area contributed by atoms with Gasteiger partial charge in [-0.15, -0.1) is 0 Å². The highest BCUT2D eigenvalue weighted by Gasteiger charge is 2.06. The van der Waals surface area contributed by atoms with Crippen LogP contribution in [0, 0.1) is 5.82 Å². The van der Waals surface area contributed by atoms with Gasteiger partial charge in [0.05, 0.1) is 12.1 Å². The van der Waals surface area contributed by atoms with Crippen molar-refractivity contribution < 1.29 is 16.7 Å². The van der Waals surface area contributed by atoms with Crippen molar-refractivity contribution in [1.82, 2.24) is 4.98 Å². The molecule has 5 nitrogen and oxygen atoms in total. The third-order valence-corrected chi connectivity index (χ3v) is 2.19. The van der Waals surface area contributed by atoms with Gasteiger partial charge in [0, 0.05) is 11.5 Å². The number of carbonyl (C=O) groups excluding carboxylic acids is 1. The Morgan fingerprint density at radius 3 is 3.11 bits per heavy atom. The maximum absolute atomic E-state index is 13.1. The van der Waals surface area contributed by atoms with Crippen molar-refractivity contribution in [3.8, 4) is 0 Å². The van der Waals surface area contributed by atoms with E-state index in [9.17, 15) is 14.0 Å². The van der Waals surface area contributed by atoms with Gasteiger partial charge in [0.1, 0.15) is 11.6 Å². The molecule has 0 saturated heterocycles. The fourth-order valence-electron chi connectivity index (χ4n) is 1.46. The van der Waals surface area contributed by atoms with Crippen LogP contribution in [0.4, 0.5) is 15.0 Å². The van der Waals surface area contributed by atoms with Gasteiger partial charge in [0.2, 0.25) is 0 Å². The molecule has 2 rings (SSSR count). The van der Waals surface area contributed by atoms with Gasteiger partial charge in [-0.3, -0.25) is 10.1 Å². The zero-order valence-corrected chi connectivity index (χ0v) is 9.51. The summed E-state index contributed by atoms with van der Waals surface area (Å²) in [5.41, 5.74) is -0.491. The van der Waals surface area contributed by atoms with Crippen LogP contribution >= 0.6 is 0 Å². The Hall–Kier alpha value is -2.37. The number of rotatable bonds is 2. The Bertz CT molecular complexity index is 732. The molecule has 0 aliphatic carbocycles. The fourth-order valence-corrected chi connectivity index (χ4v) is 1.46. The highest BCUT2D eigenvalue weighted by Crippen LogP contribution is 2.12. The lowest BCUT2D eigenvalue weighted by Crippen LogP contribution is -2.16. The number of carbonyl (C=O) groups is 1. The normalized spacial score (nSPS) is 11.9. The molecule has 2 aromatic rings. The number of hydrogen-bond donors (Lipinski definition) is 2. The smallest absolute Gasteiger partial charge is 0.412 e. The lowest BCUT2D eigenvalue weighted by atomic mass is 10.2. The molecule has 0 bridgehead atoms. The molecule has 0 atom stereocenters. The summed E-state index contributed by atoms with van der Waals surface area (Å²) in [5.74, 6) is -0.886. The summed E-state index contributed by atoms with van der Waals surface area (Å²) >= 11 is 0. The molecule has 1 aromatic heterocycles. The van der Waals surface area contributed by atoms with Gasteiger partial charge in [0.25, 0.3) is 0 Å². The standard InChI is InChI=1S/C12H11FN2O3/c1-2-18-12(17)15-11-6-10(16)8-5-7(13)3-4-9(8)14-11/h3-6H,2H2,1H3,(H2,14,15,16,17)/i/hD2. The van der Waals surface area contributed by atoms with Crippen LogP contribution in [-0.4, -0.2) is 17.7 Å². The summed E-state index contributed by atoms with van der Waals surface area (Å²) in [6, 6.07) is 4.25. The maximum atomic E-state index is 13.1. The van der Waals surface area contributed by atoms with E-state index in [-0.39, 0.29) is 23.3 Å². The number of halogens is 1. The minimum atomic E-state index is -1.01. The number of fused-ring (bicyclic) bond motifs is 1. The summed E-state index contributed by atoms with van der Waals surface area (Å²) in [6.45, 7) is 1.64. The van der Waals surface area contributed by atoms with Gasteiger partial charge in [-0.2, -0.15) is 0 Å². The van der Waals surface area contributed by atoms with Crippen molar-refractivity contribution in [1.29, 1.82) is 0 Å². The van der Waals surface area contributed by atoms with Crippen molar-refractivity contribution in [3.05, 3.63) is 40.3 Å². The van der Waals surface area contributed by atoms with Crippen LogP contribution in [0.5, 0.6) is 0 Å². The van der Waals surface area contributed by atoms with Gasteiger partial charge in [0.15, 0.2) is 8.25 Å². The van der Waals surface area contributed by atoms with Crippen LogP contribution in [0.1, 0.15) is 6.92 Å². The Morgan fingerprint density at radius 1 is 1.61 bits per heavy atom. The van der Waals surface area contributed by atoms with Crippen molar-refractivity contribution >= 4 is 22.8 Å². The molecule has 0 aliphatic heterocycles. The first-order valence-corrected chi connectivity index (χ1v) is 5.26. The predicted octanol–water partition coefficient (Wildman–Crippen LogP) is 2.24. The van der Waals surface area contributed by atoms with E-state index in [2.05, 4.69) is 4.74 Å². The quantitative estimate of drug-likeness (QED) is 0.861. The van der Waals surface area contributed by atoms with Crippen molar-refractivity contribution in [2.24, 2.45) is 0 Å². The van der Waals surface area contributed by atoms with Gasteiger partial charge in [-0.05, 0) is 25.1 Å². The number of benzene rings is 1. The van der Waals surface area contributed by atoms with Crippen LogP contribution in [0.3, 0.4) is 0 Å². The molecular weight excluding hydrogens is 239 g/mol. The first-order chi connectivity index (χ1) is 9.45. The van der Waals surface area contributed by atoms with Crippen LogP contribution in [0.25, 0.3) is 10.9 Å². The minimum Gasteiger partial charge on any atom is -0.450 e. The van der Waals surface area contributed by atoms with E-state index in [0.29, 0.717) is 10.3 Å². The highest BCUT2D eigenvalue weighted by atomic mass is 19.1. The third kappa shape index (κ3) is 2.48. The SMILES string of the molecule is [2H]N(C(=O)OCC)c1cc(=O)c2cc(F)ccc2n1[2H]. The summed E-state index contributed by atoms with van der Waals surface area (Å²) in [4.78, 5) is 24.0. The monoisotopic (exact) mass is 252 g/mol. The van der Waals surface area contributed by atoms with E-state index < -0.39 is 17.3 Å². The molecule has 0 unspecified atom stereocenters. The summed E-state index contributed by atoms with van der Waals surface area (Å²) in [6.07, 6.45) is -1.01. The maximum Gasteiger partial charge on any atom is 0.412 e. The molecule has 94 valence electrons. The molecule has 1 aromatic carbocycles. The molecule has 0 aliphatic rings. The number of amides is 1. The number of nitrogens with one attached hydrogen (secondary N) is 2. The predicted molar refractivity (Wildman–Crippen MR) is 65.2 cm³/mol. The molecular formula is C12H11FN2O3. The Labute approximate surface area is 105 Å². The lowest BCUT2D eigenvalue weighted by Gasteiger charge is -2.06. The summed E-state index contributed by atoms with van der Waals surface area (Å²) < 4.78 is 33.2. The number of aromatic nitrogens is 1. The van der Waals surface area contributed by atoms with Crippen molar-refractivity contribution in [2.75, 3.05) is 11.9 Å². The second-order valence-electron chi connectivity index (χ2n) is 3.45. The Kier molecular flexibility index (Phi) is 2.61. The minimum absolute atomic E-state index is 0.000934. The van der Waals surface area contributed by atoms with Gasteiger partial charge < -0.3 is 9.71 Å². The Balaban J connectivity index is 2.62. The average molecular weight is 252 g/mol. The first kappa shape index (κ1) is 9.64. The molecule has 0 fully saturated rings. The van der Waals surface area contributed by atoms with E-state index in [1.165, 1.54) is 6.07 Å². The Morgan fingerprint density at radius 2 is 2.39 bits per heavy atom. The zero-order valence-electron chi connectivity index (χ0n) is 11.5. The van der Waals surface area contributed by atoms with Gasteiger partial charge in [-0.1, -0.05) is 0 Å². The largest absolute Gasteiger partial charge is 0.450 e. The molecule has 18 heavy (non-hydrogen) atoms. The third-order valence-electron chi connectivity index (χ3n) is 2.19. The van der Waals surface area contributed by atoms with Crippen LogP contribution in [-0.2, 0) is 4.74 Å². The number of aromatic amines is 1. The molecule has 0 spiro atoms. The molecule has 6 heteroatoms. The molecule has 1 heterocycles. The first-order valence-electron chi connectivity index (χ1n) is 6.15. The van der Waals surface area contributed by atoms with Crippen molar-refractivity contribution in [2.45, 2.75) is 6.92 Å². The molecule has 0 saturated carbocycles. The summed E-state index contributed by atoms with van der Waals surface area (Å²) in [5, 5.41) is 0.307. The molecule has 0 radical (unpaired) electrons. The summed E-state index contributed by atoms with van der Waals surface area (Å²) in [7, 11) is 0. The lowest BCUT2D eigenvalue weighted by molar-refractivity contribution is 0.168. The highest BCUT2D eigenvalue weighted by molar-refractivity contribution is 5.86. The molecule has 1 amide bonds. The number of H-pyrrole nitrogens is 1. The van der Waals surface area contributed by atoms with Crippen LogP contribution in [0.2, 0.25) is 2.82 Å². The van der Waals surface area contributed by atoms with Crippen LogP contribution < -0.4 is 10.7 Å². The second kappa shape index (κ2) is 4.87.